The molecule has 0 N–H and O–H groups in total. The highest BCUT2D eigenvalue weighted by molar-refractivity contribution is 6.00. The number of fused-ring (bicyclic) bond motifs is 2. The summed E-state index contributed by atoms with van der Waals surface area (Å²) in [5.74, 6) is -0.358. The Kier molecular flexibility index (Phi) is 5.56. The fraction of sp³-hybridized carbons (Fsp3) is 0.188. The molecule has 37 heavy (non-hydrogen) atoms. The van der Waals surface area contributed by atoms with Crippen LogP contribution in [0.1, 0.15) is 41.0 Å². The van der Waals surface area contributed by atoms with Crippen molar-refractivity contribution in [2.24, 2.45) is 7.05 Å². The first kappa shape index (κ1) is 23.0. The Hall–Kier alpha value is -4.38. The summed E-state index contributed by atoms with van der Waals surface area (Å²) in [6.45, 7) is 6.14. The number of rotatable bonds is 6. The van der Waals surface area contributed by atoms with Gasteiger partial charge >= 0.3 is 5.97 Å². The maximum Gasteiger partial charge on any atom is 0.341 e. The van der Waals surface area contributed by atoms with Crippen molar-refractivity contribution in [1.29, 1.82) is 0 Å². The van der Waals surface area contributed by atoms with Crippen molar-refractivity contribution in [2.75, 3.05) is 18.0 Å². The summed E-state index contributed by atoms with van der Waals surface area (Å²) >= 11 is 0. The molecule has 0 saturated heterocycles. The van der Waals surface area contributed by atoms with E-state index in [0.29, 0.717) is 11.3 Å². The topological polar surface area (TPSA) is 47.4 Å². The first-order valence-electron chi connectivity index (χ1n) is 12.8. The maximum absolute atomic E-state index is 13.4. The molecule has 5 nitrogen and oxygen atoms in total. The fourth-order valence-corrected chi connectivity index (χ4v) is 5.78. The Labute approximate surface area is 217 Å². The van der Waals surface area contributed by atoms with E-state index in [1.54, 1.807) is 12.3 Å². The number of para-hydroxylation sites is 1. The maximum atomic E-state index is 13.4. The third-order valence-electron chi connectivity index (χ3n) is 7.52. The minimum atomic E-state index is -1.19. The summed E-state index contributed by atoms with van der Waals surface area (Å²) in [5.41, 5.74) is 6.00. The van der Waals surface area contributed by atoms with Crippen LogP contribution in [0, 0.1) is 0 Å². The van der Waals surface area contributed by atoms with Gasteiger partial charge in [-0.1, -0.05) is 60.7 Å². The summed E-state index contributed by atoms with van der Waals surface area (Å²) in [4.78, 5) is 20.5. The number of cyclic esters (lactones) is 1. The van der Waals surface area contributed by atoms with Gasteiger partial charge < -0.3 is 14.2 Å². The highest BCUT2D eigenvalue weighted by Gasteiger charge is 2.52. The molecule has 0 amide bonds. The van der Waals surface area contributed by atoms with E-state index in [1.807, 2.05) is 36.4 Å². The summed E-state index contributed by atoms with van der Waals surface area (Å²) < 4.78 is 8.70. The van der Waals surface area contributed by atoms with E-state index in [2.05, 4.69) is 78.9 Å². The van der Waals surface area contributed by atoms with Gasteiger partial charge in [-0.3, -0.25) is 4.98 Å². The smallest absolute Gasteiger partial charge is 0.341 e. The number of pyridine rings is 1. The predicted octanol–water partition coefficient (Wildman–Crippen LogP) is 6.55. The molecule has 0 fully saturated rings. The van der Waals surface area contributed by atoms with E-state index in [-0.39, 0.29) is 5.97 Å². The SMILES string of the molecule is CCN(CC)c1ccc(C2(c3c(-c4ccccc4)n(C)c4ccccc34)OC(=O)c3cccnc32)cc1. The number of ether oxygens (including phenoxy) is 1. The second kappa shape index (κ2) is 8.93. The van der Waals surface area contributed by atoms with Crippen molar-refractivity contribution < 1.29 is 9.53 Å². The lowest BCUT2D eigenvalue weighted by atomic mass is 9.80. The van der Waals surface area contributed by atoms with E-state index in [0.717, 1.165) is 52.1 Å². The van der Waals surface area contributed by atoms with Gasteiger partial charge in [0.2, 0.25) is 5.60 Å². The van der Waals surface area contributed by atoms with Gasteiger partial charge in [-0.25, -0.2) is 4.79 Å². The summed E-state index contributed by atoms with van der Waals surface area (Å²) in [7, 11) is 2.07. The largest absolute Gasteiger partial charge is 0.439 e. The Morgan fingerprint density at radius 3 is 2.30 bits per heavy atom. The number of carbonyl (C=O) groups excluding carboxylic acids is 1. The van der Waals surface area contributed by atoms with Crippen LogP contribution in [0.3, 0.4) is 0 Å². The molecule has 1 aliphatic rings. The standard InChI is InChI=1S/C32H29N3O2/c1-4-35(5-2)24-19-17-23(18-20-24)32(30-26(31(36)37-32)15-11-21-33-30)28-25-14-9-10-16-27(25)34(3)29(28)22-12-7-6-8-13-22/h6-21H,4-5H2,1-3H3. The lowest BCUT2D eigenvalue weighted by Gasteiger charge is -2.31. The van der Waals surface area contributed by atoms with E-state index in [4.69, 9.17) is 9.72 Å². The molecule has 5 aromatic rings. The third-order valence-corrected chi connectivity index (χ3v) is 7.52. The zero-order chi connectivity index (χ0) is 25.6. The Morgan fingerprint density at radius 2 is 1.57 bits per heavy atom. The normalized spacial score (nSPS) is 16.6. The van der Waals surface area contributed by atoms with Crippen LogP contribution in [0.4, 0.5) is 5.69 Å². The van der Waals surface area contributed by atoms with E-state index in [1.165, 1.54) is 0 Å². The molecule has 1 aliphatic heterocycles. The number of anilines is 1. The molecular weight excluding hydrogens is 458 g/mol. The molecule has 5 heteroatoms. The van der Waals surface area contributed by atoms with Crippen molar-refractivity contribution in [2.45, 2.75) is 19.4 Å². The summed E-state index contributed by atoms with van der Waals surface area (Å²) in [6.07, 6.45) is 1.74. The first-order valence-corrected chi connectivity index (χ1v) is 12.8. The fourth-order valence-electron chi connectivity index (χ4n) is 5.78. The number of hydrogen-bond donors (Lipinski definition) is 0. The van der Waals surface area contributed by atoms with Crippen LogP contribution in [0.2, 0.25) is 0 Å². The second-order valence-electron chi connectivity index (χ2n) is 9.36. The number of aromatic nitrogens is 2. The molecule has 0 aliphatic carbocycles. The van der Waals surface area contributed by atoms with E-state index in [9.17, 15) is 4.79 Å². The molecule has 0 radical (unpaired) electrons. The van der Waals surface area contributed by atoms with Gasteiger partial charge in [-0.05, 0) is 49.7 Å². The van der Waals surface area contributed by atoms with Gasteiger partial charge in [-0.15, -0.1) is 0 Å². The van der Waals surface area contributed by atoms with Crippen molar-refractivity contribution in [1.82, 2.24) is 9.55 Å². The average Bonchev–Trinajstić information content (AvgIpc) is 3.42. The van der Waals surface area contributed by atoms with Crippen LogP contribution < -0.4 is 4.90 Å². The van der Waals surface area contributed by atoms with Crippen molar-refractivity contribution >= 4 is 22.6 Å². The first-order chi connectivity index (χ1) is 18.1. The molecule has 0 saturated carbocycles. The predicted molar refractivity (Wildman–Crippen MR) is 148 cm³/mol. The van der Waals surface area contributed by atoms with Gasteiger partial charge in [0.15, 0.2) is 0 Å². The van der Waals surface area contributed by atoms with Crippen molar-refractivity contribution in [3.05, 3.63) is 120 Å². The molecule has 3 heterocycles. The van der Waals surface area contributed by atoms with Crippen molar-refractivity contribution in [3.63, 3.8) is 0 Å². The van der Waals surface area contributed by atoms with E-state index >= 15 is 0 Å². The molecule has 2 aromatic heterocycles. The molecule has 1 unspecified atom stereocenters. The molecule has 184 valence electrons. The second-order valence-corrected chi connectivity index (χ2v) is 9.36. The Morgan fingerprint density at radius 1 is 0.865 bits per heavy atom. The zero-order valence-electron chi connectivity index (χ0n) is 21.3. The van der Waals surface area contributed by atoms with Gasteiger partial charge in [0, 0.05) is 54.1 Å². The molecule has 6 rings (SSSR count). The molecule has 0 spiro atoms. The van der Waals surface area contributed by atoms with Gasteiger partial charge in [0.05, 0.1) is 11.3 Å². The molecular formula is C32H29N3O2. The minimum Gasteiger partial charge on any atom is -0.439 e. The summed E-state index contributed by atoms with van der Waals surface area (Å²) in [5, 5.41) is 1.03. The highest BCUT2D eigenvalue weighted by atomic mass is 16.6. The van der Waals surface area contributed by atoms with Crippen molar-refractivity contribution in [3.8, 4) is 11.3 Å². The van der Waals surface area contributed by atoms with Crippen LogP contribution in [-0.4, -0.2) is 28.6 Å². The number of hydrogen-bond acceptors (Lipinski definition) is 4. The van der Waals surface area contributed by atoms with Crippen LogP contribution >= 0.6 is 0 Å². The number of carbonyl (C=O) groups is 1. The Bertz CT molecular complexity index is 1600. The van der Waals surface area contributed by atoms with Crippen LogP contribution in [0.25, 0.3) is 22.2 Å². The third kappa shape index (κ3) is 3.38. The number of nitrogens with zero attached hydrogens (tertiary/aromatic N) is 3. The Balaban J connectivity index is 1.72. The lowest BCUT2D eigenvalue weighted by Crippen LogP contribution is -2.31. The van der Waals surface area contributed by atoms with E-state index < -0.39 is 5.60 Å². The van der Waals surface area contributed by atoms with Gasteiger partial charge in [0.1, 0.15) is 5.69 Å². The quantitative estimate of drug-likeness (QED) is 0.255. The number of aryl methyl sites for hydroxylation is 1. The highest BCUT2D eigenvalue weighted by Crippen LogP contribution is 2.52. The molecule has 3 aromatic carbocycles. The summed E-state index contributed by atoms with van der Waals surface area (Å²) in [6, 6.07) is 30.6. The van der Waals surface area contributed by atoms with Crippen LogP contribution in [-0.2, 0) is 17.4 Å². The zero-order valence-corrected chi connectivity index (χ0v) is 21.3. The number of esters is 1. The van der Waals surface area contributed by atoms with Gasteiger partial charge in [0.25, 0.3) is 0 Å². The average molecular weight is 488 g/mol. The molecule has 0 bridgehead atoms. The van der Waals surface area contributed by atoms with Crippen LogP contribution in [0.15, 0.2) is 97.2 Å². The lowest BCUT2D eigenvalue weighted by molar-refractivity contribution is 0.0249. The monoisotopic (exact) mass is 487 g/mol. The number of benzene rings is 3. The van der Waals surface area contributed by atoms with Gasteiger partial charge in [-0.2, -0.15) is 0 Å². The molecule has 1 atom stereocenters. The van der Waals surface area contributed by atoms with Crippen LogP contribution in [0.5, 0.6) is 0 Å². The minimum absolute atomic E-state index is 0.358.